The lowest BCUT2D eigenvalue weighted by Gasteiger charge is -2.15. The molecule has 3 N–H and O–H groups in total. The topological polar surface area (TPSA) is 112 Å². The van der Waals surface area contributed by atoms with Crippen LogP contribution in [0.1, 0.15) is 35.8 Å². The van der Waals surface area contributed by atoms with Crippen LogP contribution in [0.5, 0.6) is 0 Å². The monoisotopic (exact) mass is 299 g/mol. The number of aliphatic carboxylic acids is 1. The van der Waals surface area contributed by atoms with Crippen molar-refractivity contribution >= 4 is 23.6 Å². The van der Waals surface area contributed by atoms with Gasteiger partial charge in [-0.25, -0.2) is 9.59 Å². The zero-order chi connectivity index (χ0) is 15.3. The number of carboxylic acids is 1. The number of nitrogens with one attached hydrogen (secondary N) is 2. The molecule has 0 fully saturated rings. The standard InChI is InChI=1S/C12H17N3O4S/c1-4-5-7(11(17)18)14-9(16)8-6(2)13-12(19)15-10(8)20-3/h7H,4-5H2,1-3H3,(H,14,16)(H,17,18)(H,13,15,19). The molecule has 1 amide bonds. The number of aromatic amines is 1. The number of thioether (sulfide) groups is 1. The van der Waals surface area contributed by atoms with Gasteiger partial charge in [0.15, 0.2) is 0 Å². The van der Waals surface area contributed by atoms with Crippen molar-refractivity contribution in [3.8, 4) is 0 Å². The molecule has 1 unspecified atom stereocenters. The highest BCUT2D eigenvalue weighted by atomic mass is 32.2. The molecule has 1 rings (SSSR count). The van der Waals surface area contributed by atoms with E-state index in [1.807, 2.05) is 6.92 Å². The van der Waals surface area contributed by atoms with E-state index in [1.54, 1.807) is 13.2 Å². The predicted molar refractivity (Wildman–Crippen MR) is 75.2 cm³/mol. The number of nitrogens with zero attached hydrogens (tertiary/aromatic N) is 1. The van der Waals surface area contributed by atoms with E-state index in [4.69, 9.17) is 5.11 Å². The van der Waals surface area contributed by atoms with Crippen molar-refractivity contribution in [2.75, 3.05) is 6.26 Å². The molecule has 1 heterocycles. The molecule has 0 radical (unpaired) electrons. The fraction of sp³-hybridized carbons (Fsp3) is 0.500. The fourth-order valence-electron chi connectivity index (χ4n) is 1.75. The van der Waals surface area contributed by atoms with Gasteiger partial charge < -0.3 is 15.4 Å². The van der Waals surface area contributed by atoms with Gasteiger partial charge in [-0.2, -0.15) is 4.98 Å². The Bertz CT molecular complexity index is 570. The number of aromatic nitrogens is 2. The average Bonchev–Trinajstić information content (AvgIpc) is 2.36. The average molecular weight is 299 g/mol. The van der Waals surface area contributed by atoms with Gasteiger partial charge in [-0.05, 0) is 19.6 Å². The number of aryl methyl sites for hydroxylation is 1. The molecule has 8 heteroatoms. The van der Waals surface area contributed by atoms with E-state index in [-0.39, 0.29) is 10.6 Å². The lowest BCUT2D eigenvalue weighted by atomic mass is 10.1. The lowest BCUT2D eigenvalue weighted by molar-refractivity contribution is -0.139. The van der Waals surface area contributed by atoms with Crippen molar-refractivity contribution in [3.63, 3.8) is 0 Å². The van der Waals surface area contributed by atoms with E-state index >= 15 is 0 Å². The number of H-pyrrole nitrogens is 1. The molecule has 110 valence electrons. The summed E-state index contributed by atoms with van der Waals surface area (Å²) in [5.74, 6) is -1.63. The second-order valence-corrected chi connectivity index (χ2v) is 5.00. The molecule has 0 aliphatic heterocycles. The smallest absolute Gasteiger partial charge is 0.346 e. The maximum atomic E-state index is 12.2. The van der Waals surface area contributed by atoms with E-state index in [2.05, 4.69) is 15.3 Å². The maximum absolute atomic E-state index is 12.2. The molecule has 0 aliphatic carbocycles. The molecular weight excluding hydrogens is 282 g/mol. The largest absolute Gasteiger partial charge is 0.480 e. The molecule has 20 heavy (non-hydrogen) atoms. The van der Waals surface area contributed by atoms with Crippen LogP contribution in [-0.2, 0) is 4.79 Å². The van der Waals surface area contributed by atoms with E-state index in [0.29, 0.717) is 18.5 Å². The quantitative estimate of drug-likeness (QED) is 0.528. The van der Waals surface area contributed by atoms with Crippen molar-refractivity contribution in [2.45, 2.75) is 37.8 Å². The van der Waals surface area contributed by atoms with Crippen LogP contribution in [0.25, 0.3) is 0 Å². The summed E-state index contributed by atoms with van der Waals surface area (Å²) >= 11 is 1.16. The van der Waals surface area contributed by atoms with Crippen molar-refractivity contribution in [1.29, 1.82) is 0 Å². The Balaban J connectivity index is 3.08. The molecule has 0 spiro atoms. The van der Waals surface area contributed by atoms with Gasteiger partial charge in [-0.1, -0.05) is 13.3 Å². The minimum atomic E-state index is -1.08. The van der Waals surface area contributed by atoms with E-state index in [1.165, 1.54) is 0 Å². The van der Waals surface area contributed by atoms with Crippen LogP contribution < -0.4 is 11.0 Å². The summed E-state index contributed by atoms with van der Waals surface area (Å²) in [7, 11) is 0. The van der Waals surface area contributed by atoms with Crippen LogP contribution in [0.3, 0.4) is 0 Å². The number of carbonyl (C=O) groups excluding carboxylic acids is 1. The minimum absolute atomic E-state index is 0.208. The van der Waals surface area contributed by atoms with Crippen molar-refractivity contribution < 1.29 is 14.7 Å². The third-order valence-corrected chi connectivity index (χ3v) is 3.37. The van der Waals surface area contributed by atoms with Gasteiger partial charge in [-0.15, -0.1) is 11.8 Å². The van der Waals surface area contributed by atoms with E-state index in [0.717, 1.165) is 11.8 Å². The molecule has 0 bridgehead atoms. The summed E-state index contributed by atoms with van der Waals surface area (Å²) in [5.41, 5.74) is 0.0404. The van der Waals surface area contributed by atoms with Gasteiger partial charge in [0, 0.05) is 5.69 Å². The van der Waals surface area contributed by atoms with Crippen LogP contribution in [0.4, 0.5) is 0 Å². The summed E-state index contributed by atoms with van der Waals surface area (Å²) in [6, 6.07) is -0.950. The summed E-state index contributed by atoms with van der Waals surface area (Å²) < 4.78 is 0. The summed E-state index contributed by atoms with van der Waals surface area (Å²) in [6.07, 6.45) is 2.67. The molecule has 7 nitrogen and oxygen atoms in total. The molecule has 0 saturated carbocycles. The molecular formula is C12H17N3O4S. The molecule has 1 atom stereocenters. The van der Waals surface area contributed by atoms with Crippen LogP contribution in [0.2, 0.25) is 0 Å². The minimum Gasteiger partial charge on any atom is -0.480 e. The number of carboxylic acid groups (broad SMARTS) is 1. The molecule has 0 aromatic carbocycles. The molecule has 1 aromatic rings. The molecule has 0 aliphatic rings. The number of amides is 1. The van der Waals surface area contributed by atoms with Gasteiger partial charge >= 0.3 is 11.7 Å². The Morgan fingerprint density at radius 3 is 2.65 bits per heavy atom. The summed E-state index contributed by atoms with van der Waals surface area (Å²) in [5, 5.41) is 11.8. The Morgan fingerprint density at radius 1 is 1.50 bits per heavy atom. The molecule has 0 saturated heterocycles. The van der Waals surface area contributed by atoms with Crippen LogP contribution in [-0.4, -0.2) is 39.2 Å². The zero-order valence-electron chi connectivity index (χ0n) is 11.5. The third kappa shape index (κ3) is 3.83. The number of rotatable bonds is 6. The van der Waals surface area contributed by atoms with Crippen LogP contribution in [0.15, 0.2) is 9.82 Å². The van der Waals surface area contributed by atoms with Crippen molar-refractivity contribution in [2.24, 2.45) is 0 Å². The van der Waals surface area contributed by atoms with Gasteiger partial charge in [0.1, 0.15) is 11.1 Å². The Hall–Kier alpha value is -1.83. The van der Waals surface area contributed by atoms with Gasteiger partial charge in [0.2, 0.25) is 0 Å². The summed E-state index contributed by atoms with van der Waals surface area (Å²) in [6.45, 7) is 3.41. The van der Waals surface area contributed by atoms with E-state index in [9.17, 15) is 14.4 Å². The van der Waals surface area contributed by atoms with E-state index < -0.39 is 23.6 Å². The Morgan fingerprint density at radius 2 is 2.15 bits per heavy atom. The Kier molecular flexibility index (Phi) is 5.75. The van der Waals surface area contributed by atoms with Crippen molar-refractivity contribution in [1.82, 2.24) is 15.3 Å². The predicted octanol–water partition coefficient (Wildman–Crippen LogP) is 0.783. The normalized spacial score (nSPS) is 11.9. The first-order chi connectivity index (χ1) is 9.40. The zero-order valence-corrected chi connectivity index (χ0v) is 12.3. The molecule has 1 aromatic heterocycles. The Labute approximate surface area is 120 Å². The first-order valence-electron chi connectivity index (χ1n) is 6.09. The lowest BCUT2D eigenvalue weighted by Crippen LogP contribution is -2.41. The fourth-order valence-corrected chi connectivity index (χ4v) is 2.38. The van der Waals surface area contributed by atoms with Crippen molar-refractivity contribution in [3.05, 3.63) is 21.7 Å². The first kappa shape index (κ1) is 16.2. The van der Waals surface area contributed by atoms with Crippen LogP contribution in [0, 0.1) is 6.92 Å². The third-order valence-electron chi connectivity index (χ3n) is 2.69. The van der Waals surface area contributed by atoms with Crippen LogP contribution >= 0.6 is 11.8 Å². The first-order valence-corrected chi connectivity index (χ1v) is 7.31. The highest BCUT2D eigenvalue weighted by Gasteiger charge is 2.23. The number of hydrogen-bond donors (Lipinski definition) is 3. The number of carbonyl (C=O) groups is 2. The van der Waals surface area contributed by atoms with Gasteiger partial charge in [0.25, 0.3) is 5.91 Å². The maximum Gasteiger partial charge on any atom is 0.346 e. The summed E-state index contributed by atoms with van der Waals surface area (Å²) in [4.78, 5) is 40.7. The number of hydrogen-bond acceptors (Lipinski definition) is 5. The SMILES string of the molecule is CCCC(NC(=O)c1c(SC)nc(=O)[nH]c1C)C(=O)O. The second kappa shape index (κ2) is 7.09. The van der Waals surface area contributed by atoms with Gasteiger partial charge in [-0.3, -0.25) is 4.79 Å². The highest BCUT2D eigenvalue weighted by Crippen LogP contribution is 2.18. The highest BCUT2D eigenvalue weighted by molar-refractivity contribution is 7.98. The van der Waals surface area contributed by atoms with Gasteiger partial charge in [0.05, 0.1) is 5.56 Å². The second-order valence-electron chi connectivity index (χ2n) is 4.20.